The van der Waals surface area contributed by atoms with Crippen molar-refractivity contribution in [2.24, 2.45) is 5.73 Å². The number of nitrogens with two attached hydrogens (primary N) is 1. The molecule has 6 nitrogen and oxygen atoms in total. The van der Waals surface area contributed by atoms with Gasteiger partial charge in [0.1, 0.15) is 0 Å². The Labute approximate surface area is 163 Å². The number of anilines is 1. The SMILES string of the molecule is COc1cc(C(=O)Nc2ccc(SC(F)F)cc2)cc(Cl)c1OCC(N)=O. The number of rotatable bonds is 8. The highest BCUT2D eigenvalue weighted by Crippen LogP contribution is 2.36. The third kappa shape index (κ3) is 6.00. The third-order valence-electron chi connectivity index (χ3n) is 3.19. The number of hydrogen-bond acceptors (Lipinski definition) is 5. The maximum absolute atomic E-state index is 12.4. The lowest BCUT2D eigenvalue weighted by molar-refractivity contribution is -0.119. The van der Waals surface area contributed by atoms with Crippen LogP contribution in [-0.4, -0.2) is 31.3 Å². The van der Waals surface area contributed by atoms with E-state index in [0.29, 0.717) is 22.3 Å². The fourth-order valence-electron chi connectivity index (χ4n) is 2.06. The quantitative estimate of drug-likeness (QED) is 0.639. The number of benzene rings is 2. The summed E-state index contributed by atoms with van der Waals surface area (Å²) in [6, 6.07) is 8.69. The van der Waals surface area contributed by atoms with E-state index in [0.717, 1.165) is 0 Å². The molecule has 0 saturated heterocycles. The smallest absolute Gasteiger partial charge is 0.288 e. The summed E-state index contributed by atoms with van der Waals surface area (Å²) in [6.45, 7) is -0.398. The summed E-state index contributed by atoms with van der Waals surface area (Å²) in [5, 5.41) is 2.68. The van der Waals surface area contributed by atoms with Crippen molar-refractivity contribution in [3.05, 3.63) is 47.0 Å². The first-order valence-electron chi connectivity index (χ1n) is 7.45. The molecule has 0 aliphatic rings. The Kier molecular flexibility index (Phi) is 7.26. The number of amides is 2. The van der Waals surface area contributed by atoms with Crippen LogP contribution in [0.2, 0.25) is 5.02 Å². The monoisotopic (exact) mass is 416 g/mol. The highest BCUT2D eigenvalue weighted by molar-refractivity contribution is 7.99. The van der Waals surface area contributed by atoms with Crippen molar-refractivity contribution in [3.8, 4) is 11.5 Å². The number of halogens is 3. The minimum atomic E-state index is -2.52. The first-order valence-corrected chi connectivity index (χ1v) is 8.70. The van der Waals surface area contributed by atoms with Crippen LogP contribution in [0.25, 0.3) is 0 Å². The van der Waals surface area contributed by atoms with E-state index in [2.05, 4.69) is 5.32 Å². The summed E-state index contributed by atoms with van der Waals surface area (Å²) in [4.78, 5) is 23.6. The Balaban J connectivity index is 2.16. The van der Waals surface area contributed by atoms with Gasteiger partial charge in [-0.25, -0.2) is 0 Å². The van der Waals surface area contributed by atoms with E-state index in [-0.39, 0.29) is 22.1 Å². The number of carbonyl (C=O) groups is 2. The Morgan fingerprint density at radius 1 is 1.26 bits per heavy atom. The van der Waals surface area contributed by atoms with E-state index < -0.39 is 24.2 Å². The molecule has 27 heavy (non-hydrogen) atoms. The maximum atomic E-state index is 12.4. The Morgan fingerprint density at radius 2 is 1.93 bits per heavy atom. The van der Waals surface area contributed by atoms with Crippen molar-refractivity contribution < 1.29 is 27.8 Å². The van der Waals surface area contributed by atoms with Gasteiger partial charge in [0.05, 0.1) is 12.1 Å². The van der Waals surface area contributed by atoms with Crippen LogP contribution in [0.4, 0.5) is 14.5 Å². The normalized spacial score (nSPS) is 10.6. The fraction of sp³-hybridized carbons (Fsp3) is 0.176. The van der Waals surface area contributed by atoms with Crippen molar-refractivity contribution in [1.29, 1.82) is 0 Å². The van der Waals surface area contributed by atoms with Crippen LogP contribution in [0, 0.1) is 0 Å². The van der Waals surface area contributed by atoms with Gasteiger partial charge in [-0.15, -0.1) is 0 Å². The fourth-order valence-corrected chi connectivity index (χ4v) is 2.82. The molecule has 2 aromatic rings. The summed E-state index contributed by atoms with van der Waals surface area (Å²) >= 11 is 6.51. The molecule has 0 aliphatic carbocycles. The molecule has 10 heteroatoms. The van der Waals surface area contributed by atoms with E-state index in [4.69, 9.17) is 26.8 Å². The minimum absolute atomic E-state index is 0.0597. The number of hydrogen-bond donors (Lipinski definition) is 2. The van der Waals surface area contributed by atoms with Gasteiger partial charge >= 0.3 is 0 Å². The second kappa shape index (κ2) is 9.43. The number of nitrogens with one attached hydrogen (secondary N) is 1. The van der Waals surface area contributed by atoms with Gasteiger partial charge in [-0.3, -0.25) is 9.59 Å². The van der Waals surface area contributed by atoms with Crippen LogP contribution < -0.4 is 20.5 Å². The molecule has 0 fully saturated rings. The first kappa shape index (κ1) is 20.8. The molecule has 0 aliphatic heterocycles. The van der Waals surface area contributed by atoms with E-state index in [9.17, 15) is 18.4 Å². The van der Waals surface area contributed by atoms with Crippen LogP contribution in [0.1, 0.15) is 10.4 Å². The summed E-state index contributed by atoms with van der Waals surface area (Å²) in [6.07, 6.45) is 0. The van der Waals surface area contributed by atoms with Crippen LogP contribution >= 0.6 is 23.4 Å². The van der Waals surface area contributed by atoms with E-state index in [1.165, 1.54) is 43.5 Å². The topological polar surface area (TPSA) is 90.7 Å². The number of carbonyl (C=O) groups excluding carboxylic acids is 2. The highest BCUT2D eigenvalue weighted by atomic mass is 35.5. The molecule has 0 saturated carbocycles. The Bertz CT molecular complexity index is 834. The average molecular weight is 417 g/mol. The van der Waals surface area contributed by atoms with Gasteiger partial charge in [0.2, 0.25) is 0 Å². The molecular formula is C17H15ClF2N2O4S. The van der Waals surface area contributed by atoms with Crippen molar-refractivity contribution in [3.63, 3.8) is 0 Å². The van der Waals surface area contributed by atoms with Gasteiger partial charge in [0, 0.05) is 16.1 Å². The molecule has 2 amide bonds. The van der Waals surface area contributed by atoms with Crippen molar-refractivity contribution in [2.45, 2.75) is 10.7 Å². The summed E-state index contributed by atoms with van der Waals surface area (Å²) in [5.74, 6) is -3.47. The number of thioether (sulfide) groups is 1. The highest BCUT2D eigenvalue weighted by Gasteiger charge is 2.17. The predicted molar refractivity (Wildman–Crippen MR) is 98.9 cm³/mol. The van der Waals surface area contributed by atoms with Crippen molar-refractivity contribution in [2.75, 3.05) is 19.0 Å². The molecule has 0 unspecified atom stereocenters. The second-order valence-electron chi connectivity index (χ2n) is 5.10. The summed E-state index contributed by atoms with van der Waals surface area (Å²) in [7, 11) is 1.35. The minimum Gasteiger partial charge on any atom is -0.493 e. The number of ether oxygens (including phenoxy) is 2. The maximum Gasteiger partial charge on any atom is 0.288 e. The summed E-state index contributed by atoms with van der Waals surface area (Å²) < 4.78 is 35.0. The second-order valence-corrected chi connectivity index (χ2v) is 6.57. The largest absolute Gasteiger partial charge is 0.493 e. The van der Waals surface area contributed by atoms with Crippen LogP contribution in [0.5, 0.6) is 11.5 Å². The Hall–Kier alpha value is -2.52. The standard InChI is InChI=1S/C17H15ClF2N2O4S/c1-25-13-7-9(6-12(18)15(13)26-8-14(21)23)16(24)22-10-2-4-11(5-3-10)27-17(19)20/h2-7,17H,8H2,1H3,(H2,21,23)(H,22,24). The molecule has 2 rings (SSSR count). The molecule has 3 N–H and O–H groups in total. The lowest BCUT2D eigenvalue weighted by Gasteiger charge is -2.13. The molecule has 144 valence electrons. The molecule has 0 heterocycles. The van der Waals surface area contributed by atoms with Gasteiger partial charge in [-0.1, -0.05) is 23.4 Å². The lowest BCUT2D eigenvalue weighted by Crippen LogP contribution is -2.20. The van der Waals surface area contributed by atoms with Crippen LogP contribution in [0.3, 0.4) is 0 Å². The Morgan fingerprint density at radius 3 is 2.48 bits per heavy atom. The molecule has 0 aromatic heterocycles. The number of alkyl halides is 2. The molecule has 2 aromatic carbocycles. The predicted octanol–water partition coefficient (Wildman–Crippen LogP) is 3.78. The van der Waals surface area contributed by atoms with E-state index in [1.807, 2.05) is 0 Å². The van der Waals surface area contributed by atoms with Gasteiger partial charge in [0.15, 0.2) is 18.1 Å². The molecule has 0 bridgehead atoms. The number of primary amides is 1. The van der Waals surface area contributed by atoms with Gasteiger partial charge in [0.25, 0.3) is 17.6 Å². The molecular weight excluding hydrogens is 402 g/mol. The zero-order valence-electron chi connectivity index (χ0n) is 14.0. The molecule has 0 spiro atoms. The van der Waals surface area contributed by atoms with E-state index in [1.54, 1.807) is 0 Å². The van der Waals surface area contributed by atoms with Crippen molar-refractivity contribution >= 4 is 40.9 Å². The van der Waals surface area contributed by atoms with Crippen LogP contribution in [-0.2, 0) is 4.79 Å². The zero-order valence-corrected chi connectivity index (χ0v) is 15.6. The summed E-state index contributed by atoms with van der Waals surface area (Å²) in [5.41, 5.74) is 5.62. The van der Waals surface area contributed by atoms with Gasteiger partial charge < -0.3 is 20.5 Å². The van der Waals surface area contributed by atoms with Crippen LogP contribution in [0.15, 0.2) is 41.3 Å². The molecule has 0 radical (unpaired) electrons. The third-order valence-corrected chi connectivity index (χ3v) is 4.19. The average Bonchev–Trinajstić information content (AvgIpc) is 2.61. The van der Waals surface area contributed by atoms with Gasteiger partial charge in [-0.2, -0.15) is 8.78 Å². The van der Waals surface area contributed by atoms with Crippen molar-refractivity contribution in [1.82, 2.24) is 0 Å². The lowest BCUT2D eigenvalue weighted by atomic mass is 10.1. The molecule has 0 atom stereocenters. The zero-order chi connectivity index (χ0) is 20.0. The number of methoxy groups -OCH3 is 1. The van der Waals surface area contributed by atoms with Gasteiger partial charge in [-0.05, 0) is 36.4 Å². The first-order chi connectivity index (χ1) is 12.8. The van der Waals surface area contributed by atoms with E-state index >= 15 is 0 Å².